The summed E-state index contributed by atoms with van der Waals surface area (Å²) in [7, 11) is 0. The SMILES string of the molecule is CCOC(=O)CCC(=O)Nc1ccc(C)c(C)c1. The second-order valence-electron chi connectivity index (χ2n) is 4.15. The van der Waals surface area contributed by atoms with Crippen LogP contribution in [0.2, 0.25) is 0 Å². The maximum atomic E-state index is 11.6. The molecule has 1 rings (SSSR count). The van der Waals surface area contributed by atoms with Crippen LogP contribution >= 0.6 is 0 Å². The number of carbonyl (C=O) groups is 2. The number of rotatable bonds is 5. The summed E-state index contributed by atoms with van der Waals surface area (Å²) in [5.41, 5.74) is 3.06. The van der Waals surface area contributed by atoms with E-state index < -0.39 is 0 Å². The number of esters is 1. The smallest absolute Gasteiger partial charge is 0.306 e. The number of hydrogen-bond donors (Lipinski definition) is 1. The molecule has 0 aromatic heterocycles. The van der Waals surface area contributed by atoms with Crippen molar-refractivity contribution in [1.29, 1.82) is 0 Å². The molecule has 4 nitrogen and oxygen atoms in total. The van der Waals surface area contributed by atoms with E-state index in [0.29, 0.717) is 6.61 Å². The van der Waals surface area contributed by atoms with Crippen LogP contribution in [0, 0.1) is 13.8 Å². The molecule has 0 fully saturated rings. The van der Waals surface area contributed by atoms with Gasteiger partial charge >= 0.3 is 5.97 Å². The molecule has 0 saturated carbocycles. The van der Waals surface area contributed by atoms with Gasteiger partial charge < -0.3 is 10.1 Å². The van der Waals surface area contributed by atoms with Gasteiger partial charge in [-0.15, -0.1) is 0 Å². The van der Waals surface area contributed by atoms with E-state index in [9.17, 15) is 9.59 Å². The van der Waals surface area contributed by atoms with Gasteiger partial charge in [-0.1, -0.05) is 6.07 Å². The van der Waals surface area contributed by atoms with Gasteiger partial charge in [-0.2, -0.15) is 0 Å². The highest BCUT2D eigenvalue weighted by Gasteiger charge is 2.08. The van der Waals surface area contributed by atoms with Crippen LogP contribution in [0.5, 0.6) is 0 Å². The Bertz CT molecular complexity index is 441. The van der Waals surface area contributed by atoms with Gasteiger partial charge in [0.1, 0.15) is 0 Å². The van der Waals surface area contributed by atoms with E-state index in [1.807, 2.05) is 32.0 Å². The molecule has 1 aromatic carbocycles. The summed E-state index contributed by atoms with van der Waals surface area (Å²) in [5.74, 6) is -0.515. The zero-order valence-electron chi connectivity index (χ0n) is 11.1. The van der Waals surface area contributed by atoms with Crippen molar-refractivity contribution in [3.63, 3.8) is 0 Å². The highest BCUT2D eigenvalue weighted by Crippen LogP contribution is 2.14. The Hall–Kier alpha value is -1.84. The number of aryl methyl sites for hydroxylation is 2. The lowest BCUT2D eigenvalue weighted by atomic mass is 10.1. The van der Waals surface area contributed by atoms with Crippen LogP contribution in [-0.2, 0) is 14.3 Å². The van der Waals surface area contributed by atoms with Crippen molar-refractivity contribution in [3.8, 4) is 0 Å². The summed E-state index contributed by atoms with van der Waals surface area (Å²) in [6, 6.07) is 5.72. The first kappa shape index (κ1) is 14.2. The van der Waals surface area contributed by atoms with E-state index in [0.717, 1.165) is 11.3 Å². The molecule has 4 heteroatoms. The maximum absolute atomic E-state index is 11.6. The molecule has 0 heterocycles. The predicted molar refractivity (Wildman–Crippen MR) is 70.4 cm³/mol. The second kappa shape index (κ2) is 6.79. The summed E-state index contributed by atoms with van der Waals surface area (Å²) in [6.07, 6.45) is 0.260. The fourth-order valence-corrected chi connectivity index (χ4v) is 1.49. The van der Waals surface area contributed by atoms with Gasteiger partial charge in [-0.3, -0.25) is 9.59 Å². The van der Waals surface area contributed by atoms with E-state index >= 15 is 0 Å². The molecule has 1 N–H and O–H groups in total. The minimum Gasteiger partial charge on any atom is -0.466 e. The lowest BCUT2D eigenvalue weighted by Gasteiger charge is -2.07. The summed E-state index contributed by atoms with van der Waals surface area (Å²) < 4.78 is 4.76. The molecule has 0 spiro atoms. The topological polar surface area (TPSA) is 55.4 Å². The summed E-state index contributed by atoms with van der Waals surface area (Å²) >= 11 is 0. The van der Waals surface area contributed by atoms with Crippen LogP contribution in [0.4, 0.5) is 5.69 Å². The average Bonchev–Trinajstić information content (AvgIpc) is 2.32. The van der Waals surface area contributed by atoms with Crippen molar-refractivity contribution >= 4 is 17.6 Å². The Morgan fingerprint density at radius 3 is 2.50 bits per heavy atom. The van der Waals surface area contributed by atoms with Crippen LogP contribution in [0.3, 0.4) is 0 Å². The van der Waals surface area contributed by atoms with Crippen LogP contribution in [0.1, 0.15) is 30.9 Å². The van der Waals surface area contributed by atoms with E-state index in [1.54, 1.807) is 6.92 Å². The molecule has 0 radical (unpaired) electrons. The Morgan fingerprint density at radius 2 is 1.89 bits per heavy atom. The third-order valence-corrected chi connectivity index (χ3v) is 2.65. The summed E-state index contributed by atoms with van der Waals surface area (Å²) in [6.45, 7) is 6.09. The number of nitrogens with one attached hydrogen (secondary N) is 1. The van der Waals surface area contributed by atoms with Gasteiger partial charge in [-0.25, -0.2) is 0 Å². The first-order valence-corrected chi connectivity index (χ1v) is 6.05. The van der Waals surface area contributed by atoms with Gasteiger partial charge in [0.15, 0.2) is 0 Å². The summed E-state index contributed by atoms with van der Waals surface area (Å²) in [4.78, 5) is 22.7. The van der Waals surface area contributed by atoms with Crippen LogP contribution < -0.4 is 5.32 Å². The van der Waals surface area contributed by atoms with Crippen molar-refractivity contribution in [1.82, 2.24) is 0 Å². The predicted octanol–water partition coefficient (Wildman–Crippen LogP) is 2.59. The zero-order chi connectivity index (χ0) is 13.5. The second-order valence-corrected chi connectivity index (χ2v) is 4.15. The highest BCUT2D eigenvalue weighted by atomic mass is 16.5. The highest BCUT2D eigenvalue weighted by molar-refractivity contribution is 5.92. The lowest BCUT2D eigenvalue weighted by Crippen LogP contribution is -2.14. The average molecular weight is 249 g/mol. The Kier molecular flexibility index (Phi) is 5.36. The Morgan fingerprint density at radius 1 is 1.17 bits per heavy atom. The fraction of sp³-hybridized carbons (Fsp3) is 0.429. The molecule has 0 atom stereocenters. The minimum absolute atomic E-state index is 0.116. The van der Waals surface area contributed by atoms with Gasteiger partial charge in [-0.05, 0) is 44.0 Å². The van der Waals surface area contributed by atoms with Gasteiger partial charge in [0.25, 0.3) is 0 Å². The number of hydrogen-bond acceptors (Lipinski definition) is 3. The number of ether oxygens (including phenoxy) is 1. The van der Waals surface area contributed by atoms with Gasteiger partial charge in [0, 0.05) is 12.1 Å². The van der Waals surface area contributed by atoms with Crippen LogP contribution in [0.25, 0.3) is 0 Å². The molecule has 0 aliphatic heterocycles. The van der Waals surface area contributed by atoms with Crippen molar-refractivity contribution in [2.45, 2.75) is 33.6 Å². The zero-order valence-corrected chi connectivity index (χ0v) is 11.1. The number of amides is 1. The summed E-state index contributed by atoms with van der Waals surface area (Å²) in [5, 5.41) is 2.76. The first-order valence-electron chi connectivity index (χ1n) is 6.05. The molecule has 98 valence electrons. The standard InChI is InChI=1S/C14H19NO3/c1-4-18-14(17)8-7-13(16)15-12-6-5-10(2)11(3)9-12/h5-6,9H,4,7-8H2,1-3H3,(H,15,16). The molecule has 18 heavy (non-hydrogen) atoms. The van der Waals surface area contributed by atoms with E-state index in [4.69, 9.17) is 4.74 Å². The van der Waals surface area contributed by atoms with Gasteiger partial charge in [0.05, 0.1) is 13.0 Å². The third kappa shape index (κ3) is 4.57. The fourth-order valence-electron chi connectivity index (χ4n) is 1.49. The lowest BCUT2D eigenvalue weighted by molar-refractivity contribution is -0.144. The number of carbonyl (C=O) groups excluding carboxylic acids is 2. The minimum atomic E-state index is -0.340. The molecule has 0 aliphatic carbocycles. The van der Waals surface area contributed by atoms with E-state index in [2.05, 4.69) is 5.32 Å². The molecule has 1 amide bonds. The van der Waals surface area contributed by atoms with Crippen molar-refractivity contribution in [2.75, 3.05) is 11.9 Å². The molecular formula is C14H19NO3. The molecule has 0 aliphatic rings. The quantitative estimate of drug-likeness (QED) is 0.816. The molecular weight excluding hydrogens is 230 g/mol. The van der Waals surface area contributed by atoms with Crippen LogP contribution in [-0.4, -0.2) is 18.5 Å². The normalized spacial score (nSPS) is 9.94. The van der Waals surface area contributed by atoms with Gasteiger partial charge in [0.2, 0.25) is 5.91 Å². The van der Waals surface area contributed by atoms with Crippen LogP contribution in [0.15, 0.2) is 18.2 Å². The maximum Gasteiger partial charge on any atom is 0.306 e. The Balaban J connectivity index is 2.44. The molecule has 0 bridgehead atoms. The molecule has 0 saturated heterocycles. The van der Waals surface area contributed by atoms with E-state index in [1.165, 1.54) is 5.56 Å². The van der Waals surface area contributed by atoms with Crippen molar-refractivity contribution in [3.05, 3.63) is 29.3 Å². The van der Waals surface area contributed by atoms with Crippen molar-refractivity contribution in [2.24, 2.45) is 0 Å². The number of anilines is 1. The monoisotopic (exact) mass is 249 g/mol. The molecule has 0 unspecified atom stereocenters. The largest absolute Gasteiger partial charge is 0.466 e. The first-order chi connectivity index (χ1) is 8.52. The molecule has 1 aromatic rings. The van der Waals surface area contributed by atoms with E-state index in [-0.39, 0.29) is 24.7 Å². The number of benzene rings is 1. The third-order valence-electron chi connectivity index (χ3n) is 2.65. The Labute approximate surface area is 107 Å². The van der Waals surface area contributed by atoms with Crippen molar-refractivity contribution < 1.29 is 14.3 Å².